The largest absolute Gasteiger partial charge is 0.339 e. The van der Waals surface area contributed by atoms with E-state index in [-0.39, 0.29) is 17.2 Å². The van der Waals surface area contributed by atoms with Gasteiger partial charge in [0, 0.05) is 49.7 Å². The van der Waals surface area contributed by atoms with Crippen LogP contribution in [0.25, 0.3) is 0 Å². The third kappa shape index (κ3) is 4.14. The van der Waals surface area contributed by atoms with E-state index >= 15 is 0 Å². The van der Waals surface area contributed by atoms with E-state index in [2.05, 4.69) is 16.4 Å². The highest BCUT2D eigenvalue weighted by Gasteiger charge is 2.35. The lowest BCUT2D eigenvalue weighted by Gasteiger charge is -2.36. The van der Waals surface area contributed by atoms with Crippen LogP contribution in [-0.4, -0.2) is 52.3 Å². The highest BCUT2D eigenvalue weighted by atomic mass is 32.2. The Morgan fingerprint density at radius 1 is 1.28 bits per heavy atom. The molecule has 1 saturated heterocycles. The number of H-pyrrole nitrogens is 1. The third-order valence-corrected chi connectivity index (χ3v) is 7.10. The maximum Gasteiger partial charge on any atom is 0.328 e. The Balaban J connectivity index is 1.44. The number of allylic oxidation sites excluding steroid dienone is 3. The Hall–Kier alpha value is -2.06. The van der Waals surface area contributed by atoms with Gasteiger partial charge in [0.25, 0.3) is 5.56 Å². The number of thioether (sulfide) groups is 1. The number of nitrogens with zero attached hydrogens (tertiary/aromatic N) is 2. The van der Waals surface area contributed by atoms with Crippen LogP contribution in [0.15, 0.2) is 33.4 Å². The monoisotopic (exact) mass is 416 g/mol. The minimum atomic E-state index is -0.494. The molecule has 1 aliphatic carbocycles. The first kappa shape index (κ1) is 20.2. The Morgan fingerprint density at radius 2 is 2.07 bits per heavy atom. The van der Waals surface area contributed by atoms with E-state index in [1.54, 1.807) is 16.3 Å². The van der Waals surface area contributed by atoms with Crippen LogP contribution in [-0.2, 0) is 23.5 Å². The summed E-state index contributed by atoms with van der Waals surface area (Å²) in [6.45, 7) is 5.77. The summed E-state index contributed by atoms with van der Waals surface area (Å²) in [6, 6.07) is 0. The summed E-state index contributed by atoms with van der Waals surface area (Å²) in [5.74, 6) is 1.79. The van der Waals surface area contributed by atoms with Gasteiger partial charge in [-0.3, -0.25) is 19.1 Å². The number of fused-ring (bicyclic) bond motifs is 1. The number of amides is 1. The lowest BCUT2D eigenvalue weighted by atomic mass is 9.80. The topological polar surface area (TPSA) is 87.2 Å². The molecule has 1 atom stereocenters. The second kappa shape index (κ2) is 8.36. The maximum absolute atomic E-state index is 12.9. The number of carbonyl (C=O) groups excluding carboxylic acids is 1. The van der Waals surface area contributed by atoms with Crippen LogP contribution in [0.4, 0.5) is 0 Å². The predicted molar refractivity (Wildman–Crippen MR) is 115 cm³/mol. The zero-order chi connectivity index (χ0) is 20.4. The van der Waals surface area contributed by atoms with Crippen molar-refractivity contribution in [1.82, 2.24) is 19.8 Å². The summed E-state index contributed by atoms with van der Waals surface area (Å²) >= 11 is 1.73. The molecule has 2 aliphatic heterocycles. The SMILES string of the molecule is CC1(C(=O)N2CCNCC2)C=CC(CCn2c3c(c(=O)[nH]c2=O)CSCC3)=CC1. The average molecular weight is 417 g/mol. The molecule has 4 rings (SSSR count). The van der Waals surface area contributed by atoms with Gasteiger partial charge in [0.1, 0.15) is 0 Å². The normalized spacial score (nSPS) is 24.2. The second-order valence-corrected chi connectivity index (χ2v) is 9.27. The molecule has 2 N–H and O–H groups in total. The Bertz CT molecular complexity index is 971. The van der Waals surface area contributed by atoms with Gasteiger partial charge in [-0.25, -0.2) is 4.79 Å². The quantitative estimate of drug-likeness (QED) is 0.766. The van der Waals surface area contributed by atoms with Crippen LogP contribution in [0.1, 0.15) is 31.0 Å². The Labute approximate surface area is 174 Å². The molecule has 1 aromatic rings. The number of nitrogens with one attached hydrogen (secondary N) is 2. The van der Waals surface area contributed by atoms with E-state index in [1.165, 1.54) is 0 Å². The van der Waals surface area contributed by atoms with Crippen LogP contribution in [0.5, 0.6) is 0 Å². The molecule has 3 aliphatic rings. The van der Waals surface area contributed by atoms with Crippen molar-refractivity contribution in [3.63, 3.8) is 0 Å². The van der Waals surface area contributed by atoms with Crippen molar-refractivity contribution in [2.24, 2.45) is 5.41 Å². The van der Waals surface area contributed by atoms with Gasteiger partial charge in [0.2, 0.25) is 5.91 Å². The van der Waals surface area contributed by atoms with Gasteiger partial charge in [-0.05, 0) is 31.9 Å². The maximum atomic E-state index is 12.9. The summed E-state index contributed by atoms with van der Waals surface area (Å²) in [4.78, 5) is 41.8. The second-order valence-electron chi connectivity index (χ2n) is 8.16. The fourth-order valence-electron chi connectivity index (χ4n) is 4.26. The molecule has 1 aromatic heterocycles. The van der Waals surface area contributed by atoms with Crippen molar-refractivity contribution in [3.05, 3.63) is 55.9 Å². The minimum absolute atomic E-state index is 0.189. The summed E-state index contributed by atoms with van der Waals surface area (Å²) < 4.78 is 1.73. The van der Waals surface area contributed by atoms with E-state index in [4.69, 9.17) is 0 Å². The van der Waals surface area contributed by atoms with Crippen molar-refractivity contribution in [2.75, 3.05) is 31.9 Å². The summed E-state index contributed by atoms with van der Waals surface area (Å²) in [7, 11) is 0. The molecule has 7 nitrogen and oxygen atoms in total. The number of hydrogen-bond donors (Lipinski definition) is 2. The molecule has 0 spiro atoms. The smallest absolute Gasteiger partial charge is 0.328 e. The van der Waals surface area contributed by atoms with Gasteiger partial charge in [0.15, 0.2) is 0 Å². The van der Waals surface area contributed by atoms with E-state index in [1.807, 2.05) is 24.0 Å². The highest BCUT2D eigenvalue weighted by Crippen LogP contribution is 2.32. The first-order chi connectivity index (χ1) is 14.0. The number of piperazine rings is 1. The zero-order valence-corrected chi connectivity index (χ0v) is 17.6. The predicted octanol–water partition coefficient (Wildman–Crippen LogP) is 1.04. The van der Waals surface area contributed by atoms with Gasteiger partial charge in [-0.15, -0.1) is 0 Å². The zero-order valence-electron chi connectivity index (χ0n) is 16.8. The first-order valence-electron chi connectivity index (χ1n) is 10.3. The fourth-order valence-corrected chi connectivity index (χ4v) is 5.24. The van der Waals surface area contributed by atoms with Gasteiger partial charge in [0.05, 0.1) is 5.41 Å². The van der Waals surface area contributed by atoms with Crippen molar-refractivity contribution in [1.29, 1.82) is 0 Å². The van der Waals surface area contributed by atoms with Crippen LogP contribution >= 0.6 is 11.8 Å². The highest BCUT2D eigenvalue weighted by molar-refractivity contribution is 7.98. The number of rotatable bonds is 4. The standard InChI is InChI=1S/C21H28N4O3S/c1-21(19(27)24-11-8-22-9-12-24)6-2-15(3-7-21)4-10-25-17-5-13-29-14-16(17)18(26)23-20(25)28/h2-3,6,22H,4-5,7-14H2,1H3,(H,23,26,28). The van der Waals surface area contributed by atoms with E-state index in [9.17, 15) is 14.4 Å². The first-order valence-corrected chi connectivity index (χ1v) is 11.4. The van der Waals surface area contributed by atoms with Crippen molar-refractivity contribution < 1.29 is 4.79 Å². The van der Waals surface area contributed by atoms with Gasteiger partial charge < -0.3 is 10.2 Å². The van der Waals surface area contributed by atoms with Crippen molar-refractivity contribution >= 4 is 17.7 Å². The molecule has 0 bridgehead atoms. The molecule has 0 saturated carbocycles. The van der Waals surface area contributed by atoms with E-state index in [0.717, 1.165) is 55.2 Å². The summed E-state index contributed by atoms with van der Waals surface area (Å²) in [5, 5.41) is 3.28. The van der Waals surface area contributed by atoms with Crippen molar-refractivity contribution in [2.45, 2.75) is 38.5 Å². The van der Waals surface area contributed by atoms with Gasteiger partial charge in [-0.2, -0.15) is 11.8 Å². The lowest BCUT2D eigenvalue weighted by Crippen LogP contribution is -2.51. The molecule has 0 radical (unpaired) electrons. The number of hydrogen-bond acceptors (Lipinski definition) is 5. The Morgan fingerprint density at radius 3 is 2.79 bits per heavy atom. The average Bonchev–Trinajstić information content (AvgIpc) is 2.75. The Kier molecular flexibility index (Phi) is 5.83. The molecule has 8 heteroatoms. The molecule has 0 aromatic carbocycles. The fraction of sp³-hybridized carbons (Fsp3) is 0.571. The van der Waals surface area contributed by atoms with Crippen LogP contribution in [0.2, 0.25) is 0 Å². The van der Waals surface area contributed by atoms with Crippen molar-refractivity contribution in [3.8, 4) is 0 Å². The molecule has 1 amide bonds. The molecular formula is C21H28N4O3S. The van der Waals surface area contributed by atoms with E-state index in [0.29, 0.717) is 25.1 Å². The molecule has 1 fully saturated rings. The van der Waals surface area contributed by atoms with Gasteiger partial charge in [-0.1, -0.05) is 23.8 Å². The molecule has 29 heavy (non-hydrogen) atoms. The summed E-state index contributed by atoms with van der Waals surface area (Å²) in [6.07, 6.45) is 8.32. The number of aromatic amines is 1. The van der Waals surface area contributed by atoms with Crippen LogP contribution in [0.3, 0.4) is 0 Å². The third-order valence-electron chi connectivity index (χ3n) is 6.11. The molecule has 1 unspecified atom stereocenters. The number of carbonyl (C=O) groups is 1. The van der Waals surface area contributed by atoms with Gasteiger partial charge >= 0.3 is 5.69 Å². The lowest BCUT2D eigenvalue weighted by molar-refractivity contribution is -0.139. The van der Waals surface area contributed by atoms with Crippen LogP contribution < -0.4 is 16.6 Å². The molecular weight excluding hydrogens is 388 g/mol. The van der Waals surface area contributed by atoms with E-state index < -0.39 is 5.41 Å². The molecule has 156 valence electrons. The summed E-state index contributed by atoms with van der Waals surface area (Å²) in [5.41, 5.74) is 1.70. The van der Waals surface area contributed by atoms with Crippen LogP contribution in [0, 0.1) is 5.41 Å². The minimum Gasteiger partial charge on any atom is -0.339 e. The molecule has 3 heterocycles. The number of aromatic nitrogens is 2.